The molecule has 32 heavy (non-hydrogen) atoms. The summed E-state index contributed by atoms with van der Waals surface area (Å²) in [6, 6.07) is 1.52. The fraction of sp³-hybridized carbons (Fsp3) is 0.556. The number of thiophene rings is 1. The van der Waals surface area contributed by atoms with Crippen LogP contribution in [0.2, 0.25) is 4.34 Å². The summed E-state index contributed by atoms with van der Waals surface area (Å²) in [6.07, 6.45) is -3.59. The van der Waals surface area contributed by atoms with Crippen molar-refractivity contribution >= 4 is 44.8 Å². The van der Waals surface area contributed by atoms with Crippen molar-refractivity contribution in [3.05, 3.63) is 33.1 Å². The van der Waals surface area contributed by atoms with Gasteiger partial charge in [-0.15, -0.1) is 11.3 Å². The maximum absolute atomic E-state index is 13.5. The number of halogens is 4. The Morgan fingerprint density at radius 1 is 1.31 bits per heavy atom. The Morgan fingerprint density at radius 3 is 2.53 bits per heavy atom. The normalized spacial score (nSPS) is 19.7. The Bertz CT molecular complexity index is 1010. The molecule has 2 aliphatic heterocycles. The molecule has 0 aliphatic carbocycles. The van der Waals surface area contributed by atoms with Gasteiger partial charge in [0, 0.05) is 24.5 Å². The van der Waals surface area contributed by atoms with Crippen molar-refractivity contribution in [2.24, 2.45) is 0 Å². The molecule has 1 N–H and O–H groups in total. The van der Waals surface area contributed by atoms with Crippen LogP contribution in [-0.2, 0) is 24.3 Å². The van der Waals surface area contributed by atoms with E-state index in [9.17, 15) is 31.2 Å². The molecule has 1 saturated heterocycles. The summed E-state index contributed by atoms with van der Waals surface area (Å²) in [6.45, 7) is 2.99. The first-order valence-corrected chi connectivity index (χ1v) is 12.4. The van der Waals surface area contributed by atoms with E-state index in [1.165, 1.54) is 19.1 Å². The first kappa shape index (κ1) is 24.8. The first-order valence-electron chi connectivity index (χ1n) is 9.59. The molecular weight excluding hydrogens is 495 g/mol. The second-order valence-corrected chi connectivity index (χ2v) is 10.8. The fourth-order valence-corrected chi connectivity index (χ4v) is 6.09. The van der Waals surface area contributed by atoms with Crippen molar-refractivity contribution in [2.75, 3.05) is 38.6 Å². The molecule has 8 nitrogen and oxygen atoms in total. The summed E-state index contributed by atoms with van der Waals surface area (Å²) >= 11 is 6.34. The minimum Gasteiger partial charge on any atom is -0.378 e. The van der Waals surface area contributed by atoms with E-state index in [1.54, 1.807) is 4.90 Å². The number of hydrogen-bond acceptors (Lipinski definition) is 6. The van der Waals surface area contributed by atoms with Gasteiger partial charge in [-0.3, -0.25) is 14.3 Å². The lowest BCUT2D eigenvalue weighted by Crippen LogP contribution is -2.51. The number of nitrogens with zero attached hydrogens (tertiary/aromatic N) is 2. The maximum atomic E-state index is 13.5. The highest BCUT2D eigenvalue weighted by Crippen LogP contribution is 2.40. The van der Waals surface area contributed by atoms with Gasteiger partial charge in [0.25, 0.3) is 5.91 Å². The lowest BCUT2D eigenvalue weighted by Gasteiger charge is -2.32. The molecule has 3 heterocycles. The zero-order valence-corrected chi connectivity index (χ0v) is 19.3. The number of sulfonamides is 1. The Labute approximate surface area is 192 Å². The zero-order valence-electron chi connectivity index (χ0n) is 16.9. The average molecular weight is 516 g/mol. The van der Waals surface area contributed by atoms with Crippen molar-refractivity contribution in [3.63, 3.8) is 0 Å². The van der Waals surface area contributed by atoms with Gasteiger partial charge >= 0.3 is 6.18 Å². The van der Waals surface area contributed by atoms with E-state index < -0.39 is 39.8 Å². The number of amides is 2. The fourth-order valence-electron chi connectivity index (χ4n) is 3.40. The topological polar surface area (TPSA) is 96.0 Å². The molecular formula is C18H21ClF3N3O5S2. The number of hydrogen-bond donors (Lipinski definition) is 1. The van der Waals surface area contributed by atoms with Crippen LogP contribution in [0.3, 0.4) is 0 Å². The van der Waals surface area contributed by atoms with Crippen LogP contribution in [0.25, 0.3) is 0 Å². The molecule has 0 saturated carbocycles. The summed E-state index contributed by atoms with van der Waals surface area (Å²) in [7, 11) is -4.54. The van der Waals surface area contributed by atoms with Gasteiger partial charge in [-0.1, -0.05) is 11.6 Å². The van der Waals surface area contributed by atoms with Gasteiger partial charge in [-0.05, 0) is 25.1 Å². The van der Waals surface area contributed by atoms with Crippen molar-refractivity contribution < 1.29 is 35.9 Å². The van der Waals surface area contributed by atoms with Gasteiger partial charge in [-0.25, -0.2) is 8.42 Å². The third-order valence-corrected chi connectivity index (χ3v) is 7.76. The van der Waals surface area contributed by atoms with Gasteiger partial charge in [0.05, 0.1) is 23.3 Å². The van der Waals surface area contributed by atoms with Crippen LogP contribution in [0.4, 0.5) is 13.2 Å². The lowest BCUT2D eigenvalue weighted by molar-refractivity contribution is -0.145. The lowest BCUT2D eigenvalue weighted by atomic mass is 10.1. The molecule has 0 spiro atoms. The van der Waals surface area contributed by atoms with Crippen molar-refractivity contribution in [1.29, 1.82) is 0 Å². The van der Waals surface area contributed by atoms with Crippen molar-refractivity contribution in [3.8, 4) is 0 Å². The minimum absolute atomic E-state index is 0.0445. The molecule has 0 aromatic carbocycles. The predicted molar refractivity (Wildman–Crippen MR) is 112 cm³/mol. The summed E-state index contributed by atoms with van der Waals surface area (Å²) < 4.78 is 72.7. The zero-order chi connectivity index (χ0) is 23.7. The molecule has 14 heteroatoms. The van der Waals surface area contributed by atoms with E-state index in [-0.39, 0.29) is 27.4 Å². The molecule has 1 fully saturated rings. The van der Waals surface area contributed by atoms with E-state index in [0.717, 1.165) is 11.0 Å². The number of morpholine rings is 1. The van der Waals surface area contributed by atoms with Gasteiger partial charge in [0.1, 0.15) is 17.7 Å². The number of rotatable bonds is 7. The Morgan fingerprint density at radius 2 is 1.97 bits per heavy atom. The van der Waals surface area contributed by atoms with E-state index in [2.05, 4.69) is 0 Å². The number of ether oxygens (including phenoxy) is 1. The SMILES string of the molecule is C[C@@H](C(=O)N1CCOCC1)N1CC=C(NS(=O)(=O)CC(c2ccc(Cl)s2)C(F)(F)F)C1=O. The van der Waals surface area contributed by atoms with Gasteiger partial charge in [0.2, 0.25) is 15.9 Å². The molecule has 178 valence electrons. The van der Waals surface area contributed by atoms with Crippen molar-refractivity contribution in [2.45, 2.75) is 25.1 Å². The summed E-state index contributed by atoms with van der Waals surface area (Å²) in [5, 5.41) is 0. The summed E-state index contributed by atoms with van der Waals surface area (Å²) in [4.78, 5) is 27.7. The van der Waals surface area contributed by atoms with Crippen molar-refractivity contribution in [1.82, 2.24) is 14.5 Å². The van der Waals surface area contributed by atoms with Gasteiger partial charge in [-0.2, -0.15) is 13.2 Å². The quantitative estimate of drug-likeness (QED) is 0.599. The Hall–Kier alpha value is -1.83. The highest BCUT2D eigenvalue weighted by atomic mass is 35.5. The van der Waals surface area contributed by atoms with E-state index >= 15 is 0 Å². The number of carbonyl (C=O) groups excluding carboxylic acids is 2. The second kappa shape index (κ2) is 9.57. The number of nitrogens with one attached hydrogen (secondary N) is 1. The average Bonchev–Trinajstić information content (AvgIpc) is 3.30. The van der Waals surface area contributed by atoms with Gasteiger partial charge < -0.3 is 14.5 Å². The maximum Gasteiger partial charge on any atom is 0.397 e. The van der Waals surface area contributed by atoms with Crippen LogP contribution in [0.5, 0.6) is 0 Å². The Kier molecular flexibility index (Phi) is 7.42. The van der Waals surface area contributed by atoms with E-state index in [0.29, 0.717) is 37.6 Å². The Balaban J connectivity index is 1.67. The molecule has 3 rings (SSSR count). The monoisotopic (exact) mass is 515 g/mol. The van der Waals surface area contributed by atoms with Gasteiger partial charge in [0.15, 0.2) is 0 Å². The van der Waals surface area contributed by atoms with Crippen LogP contribution in [0, 0.1) is 0 Å². The molecule has 0 bridgehead atoms. The summed E-state index contributed by atoms with van der Waals surface area (Å²) in [5.41, 5.74) is -0.378. The van der Waals surface area contributed by atoms with Crippen LogP contribution in [-0.4, -0.2) is 80.9 Å². The smallest absolute Gasteiger partial charge is 0.378 e. The highest BCUT2D eigenvalue weighted by molar-refractivity contribution is 7.89. The number of carbonyl (C=O) groups is 2. The van der Waals surface area contributed by atoms with Crippen LogP contribution >= 0.6 is 22.9 Å². The molecule has 1 unspecified atom stereocenters. The number of alkyl halides is 3. The van der Waals surface area contributed by atoms with Crippen LogP contribution < -0.4 is 4.72 Å². The summed E-state index contributed by atoms with van der Waals surface area (Å²) in [5.74, 6) is -4.69. The minimum atomic E-state index is -4.83. The van der Waals surface area contributed by atoms with Crippen LogP contribution in [0.15, 0.2) is 23.9 Å². The standard InChI is InChI=1S/C18H21ClF3N3O5S2/c1-11(16(26)24-6-8-30-9-7-24)25-5-4-13(17(25)27)23-32(28,29)10-12(18(20,21)22)14-2-3-15(19)31-14/h2-4,11-12,23H,5-10H2,1H3/t11-,12?/m0/s1. The molecule has 2 atom stereocenters. The van der Waals surface area contributed by atoms with Crippen LogP contribution in [0.1, 0.15) is 17.7 Å². The highest BCUT2D eigenvalue weighted by Gasteiger charge is 2.45. The molecule has 1 aromatic heterocycles. The third-order valence-electron chi connectivity index (χ3n) is 5.12. The molecule has 2 aliphatic rings. The third kappa shape index (κ3) is 5.74. The largest absolute Gasteiger partial charge is 0.397 e. The first-order chi connectivity index (χ1) is 14.9. The molecule has 1 aromatic rings. The molecule has 0 radical (unpaired) electrons. The van der Waals surface area contributed by atoms with E-state index in [4.69, 9.17) is 16.3 Å². The van der Waals surface area contributed by atoms with E-state index in [1.807, 2.05) is 4.72 Å². The predicted octanol–water partition coefficient (Wildman–Crippen LogP) is 1.94. The molecule has 2 amide bonds. The second-order valence-electron chi connectivity index (χ2n) is 7.31.